The SMILES string of the molecule is CC(C)[Si](c1ccc2cc[nH]c2c1)(C(C)C)C(C)C. The first-order valence-electron chi connectivity index (χ1n) is 7.48. The Balaban J connectivity index is 2.65. The summed E-state index contributed by atoms with van der Waals surface area (Å²) in [7, 11) is -1.51. The van der Waals surface area contributed by atoms with E-state index >= 15 is 0 Å². The molecule has 0 spiro atoms. The molecule has 2 aromatic rings. The molecule has 0 aliphatic carbocycles. The topological polar surface area (TPSA) is 15.8 Å². The zero-order chi connectivity index (χ0) is 14.2. The molecule has 2 heteroatoms. The lowest BCUT2D eigenvalue weighted by molar-refractivity contribution is 0.835. The van der Waals surface area contributed by atoms with Crippen LogP contribution in [0, 0.1) is 0 Å². The number of benzene rings is 1. The fourth-order valence-corrected chi connectivity index (χ4v) is 11.1. The maximum Gasteiger partial charge on any atom is 0.0943 e. The molecule has 0 aliphatic rings. The fraction of sp³-hybridized carbons (Fsp3) is 0.529. The molecule has 104 valence electrons. The molecule has 0 bridgehead atoms. The van der Waals surface area contributed by atoms with Crippen LogP contribution in [0.4, 0.5) is 0 Å². The molecule has 0 saturated carbocycles. The first kappa shape index (κ1) is 14.4. The summed E-state index contributed by atoms with van der Waals surface area (Å²) >= 11 is 0. The number of nitrogens with one attached hydrogen (secondary N) is 1. The number of fused-ring (bicyclic) bond motifs is 1. The van der Waals surface area contributed by atoms with Gasteiger partial charge in [0, 0.05) is 11.7 Å². The summed E-state index contributed by atoms with van der Waals surface area (Å²) < 4.78 is 0. The third-order valence-electron chi connectivity index (χ3n) is 4.92. The average molecular weight is 273 g/mol. The van der Waals surface area contributed by atoms with Crippen molar-refractivity contribution in [1.82, 2.24) is 4.98 Å². The van der Waals surface area contributed by atoms with E-state index in [9.17, 15) is 0 Å². The van der Waals surface area contributed by atoms with Gasteiger partial charge in [0.15, 0.2) is 0 Å². The number of H-pyrrole nitrogens is 1. The lowest BCUT2D eigenvalue weighted by Gasteiger charge is -2.43. The zero-order valence-corrected chi connectivity index (χ0v) is 14.1. The number of aromatic amines is 1. The van der Waals surface area contributed by atoms with Crippen molar-refractivity contribution in [1.29, 1.82) is 0 Å². The molecule has 1 nitrogen and oxygen atoms in total. The predicted octanol–water partition coefficient (Wildman–Crippen LogP) is 5.05. The summed E-state index contributed by atoms with van der Waals surface area (Å²) in [5.74, 6) is 0. The summed E-state index contributed by atoms with van der Waals surface area (Å²) in [5, 5.41) is 2.94. The molecule has 1 aromatic heterocycles. The second kappa shape index (κ2) is 5.16. The summed E-state index contributed by atoms with van der Waals surface area (Å²) in [6.07, 6.45) is 2.04. The minimum absolute atomic E-state index is 0.764. The minimum Gasteiger partial charge on any atom is -0.361 e. The first-order chi connectivity index (χ1) is 8.90. The molecule has 2 rings (SSSR count). The van der Waals surface area contributed by atoms with Crippen LogP contribution in [0.25, 0.3) is 10.9 Å². The van der Waals surface area contributed by atoms with Gasteiger partial charge >= 0.3 is 0 Å². The smallest absolute Gasteiger partial charge is 0.0943 e. The Morgan fingerprint density at radius 3 is 1.95 bits per heavy atom. The van der Waals surface area contributed by atoms with Crippen LogP contribution in [0.2, 0.25) is 16.6 Å². The predicted molar refractivity (Wildman–Crippen MR) is 89.0 cm³/mol. The van der Waals surface area contributed by atoms with Gasteiger partial charge in [0.25, 0.3) is 0 Å². The number of aromatic nitrogens is 1. The highest BCUT2D eigenvalue weighted by Crippen LogP contribution is 2.41. The Labute approximate surface area is 118 Å². The Morgan fingerprint density at radius 2 is 1.42 bits per heavy atom. The molecule has 0 fully saturated rings. The van der Waals surface area contributed by atoms with E-state index in [0.717, 1.165) is 16.6 Å². The van der Waals surface area contributed by atoms with Crippen LogP contribution < -0.4 is 5.19 Å². The van der Waals surface area contributed by atoms with E-state index in [1.54, 1.807) is 5.19 Å². The van der Waals surface area contributed by atoms with Crippen LogP contribution in [0.5, 0.6) is 0 Å². The Hall–Kier alpha value is -1.02. The van der Waals surface area contributed by atoms with Crippen molar-refractivity contribution in [3.05, 3.63) is 30.5 Å². The van der Waals surface area contributed by atoms with Crippen LogP contribution in [0.1, 0.15) is 41.5 Å². The normalized spacial score (nSPS) is 13.1. The van der Waals surface area contributed by atoms with Crippen LogP contribution in [-0.4, -0.2) is 13.1 Å². The lowest BCUT2D eigenvalue weighted by atomic mass is 10.2. The molecular formula is C17H27NSi. The highest BCUT2D eigenvalue weighted by atomic mass is 28.3. The number of rotatable bonds is 4. The van der Waals surface area contributed by atoms with Gasteiger partial charge < -0.3 is 4.98 Å². The largest absolute Gasteiger partial charge is 0.361 e. The lowest BCUT2D eigenvalue weighted by Crippen LogP contribution is -2.55. The van der Waals surface area contributed by atoms with E-state index in [1.165, 1.54) is 10.9 Å². The highest BCUT2D eigenvalue weighted by molar-refractivity contribution is 6.95. The molecule has 1 heterocycles. The maximum absolute atomic E-state index is 3.37. The fourth-order valence-electron chi connectivity index (χ4n) is 4.32. The van der Waals surface area contributed by atoms with E-state index in [4.69, 9.17) is 0 Å². The molecule has 1 aromatic carbocycles. The standard InChI is InChI=1S/C17H27NSi/c1-12(2)19(13(3)4,14(5)6)16-8-7-15-9-10-18-17(15)11-16/h7-14,18H,1-6H3. The van der Waals surface area contributed by atoms with Gasteiger partial charge in [-0.05, 0) is 34.1 Å². The van der Waals surface area contributed by atoms with Gasteiger partial charge in [-0.15, -0.1) is 0 Å². The summed E-state index contributed by atoms with van der Waals surface area (Å²) in [5.41, 5.74) is 3.58. The second-order valence-electron chi connectivity index (χ2n) is 6.68. The van der Waals surface area contributed by atoms with Gasteiger partial charge in [-0.25, -0.2) is 0 Å². The first-order valence-corrected chi connectivity index (χ1v) is 9.71. The second-order valence-corrected chi connectivity index (χ2v) is 12.6. The molecular weight excluding hydrogens is 246 g/mol. The molecule has 1 N–H and O–H groups in total. The average Bonchev–Trinajstić information content (AvgIpc) is 2.75. The number of hydrogen-bond donors (Lipinski definition) is 1. The highest BCUT2D eigenvalue weighted by Gasteiger charge is 2.44. The number of hydrogen-bond acceptors (Lipinski definition) is 0. The van der Waals surface area contributed by atoms with Crippen molar-refractivity contribution in [2.24, 2.45) is 0 Å². The monoisotopic (exact) mass is 273 g/mol. The van der Waals surface area contributed by atoms with Crippen molar-refractivity contribution < 1.29 is 0 Å². The van der Waals surface area contributed by atoms with Gasteiger partial charge in [-0.2, -0.15) is 0 Å². The van der Waals surface area contributed by atoms with Gasteiger partial charge in [-0.1, -0.05) is 58.9 Å². The van der Waals surface area contributed by atoms with Gasteiger partial charge in [-0.3, -0.25) is 0 Å². The Kier molecular flexibility index (Phi) is 3.91. The Morgan fingerprint density at radius 1 is 0.842 bits per heavy atom. The van der Waals surface area contributed by atoms with Crippen LogP contribution in [-0.2, 0) is 0 Å². The summed E-state index contributed by atoms with van der Waals surface area (Å²) in [4.78, 5) is 3.37. The van der Waals surface area contributed by atoms with Crippen LogP contribution >= 0.6 is 0 Å². The van der Waals surface area contributed by atoms with Crippen molar-refractivity contribution >= 4 is 24.2 Å². The molecule has 0 amide bonds. The molecule has 0 unspecified atom stereocenters. The summed E-state index contributed by atoms with van der Waals surface area (Å²) in [6.45, 7) is 14.5. The molecule has 0 aliphatic heterocycles. The molecule has 19 heavy (non-hydrogen) atoms. The van der Waals surface area contributed by atoms with E-state index in [-0.39, 0.29) is 0 Å². The Bertz CT molecular complexity index is 529. The minimum atomic E-state index is -1.51. The quantitative estimate of drug-likeness (QED) is 0.750. The van der Waals surface area contributed by atoms with Crippen LogP contribution in [0.15, 0.2) is 30.5 Å². The third kappa shape index (κ3) is 2.16. The molecule has 0 atom stereocenters. The van der Waals surface area contributed by atoms with E-state index in [1.807, 2.05) is 6.20 Å². The molecule has 0 saturated heterocycles. The van der Waals surface area contributed by atoms with Crippen molar-refractivity contribution in [3.63, 3.8) is 0 Å². The van der Waals surface area contributed by atoms with Crippen molar-refractivity contribution in [2.45, 2.75) is 58.2 Å². The van der Waals surface area contributed by atoms with E-state index in [2.05, 4.69) is 70.8 Å². The van der Waals surface area contributed by atoms with E-state index in [0.29, 0.717) is 0 Å². The zero-order valence-electron chi connectivity index (χ0n) is 13.1. The maximum atomic E-state index is 3.37. The van der Waals surface area contributed by atoms with Gasteiger partial charge in [0.2, 0.25) is 0 Å². The van der Waals surface area contributed by atoms with Crippen molar-refractivity contribution in [3.8, 4) is 0 Å². The van der Waals surface area contributed by atoms with Crippen molar-refractivity contribution in [2.75, 3.05) is 0 Å². The van der Waals surface area contributed by atoms with Crippen LogP contribution in [0.3, 0.4) is 0 Å². The third-order valence-corrected chi connectivity index (χ3v) is 12.0. The van der Waals surface area contributed by atoms with E-state index < -0.39 is 8.07 Å². The van der Waals surface area contributed by atoms with Gasteiger partial charge in [0.1, 0.15) is 0 Å². The van der Waals surface area contributed by atoms with Gasteiger partial charge in [0.05, 0.1) is 8.07 Å². The summed E-state index contributed by atoms with van der Waals surface area (Å²) in [6, 6.07) is 9.25. The molecule has 0 radical (unpaired) electrons.